The van der Waals surface area contributed by atoms with Crippen molar-refractivity contribution in [3.8, 4) is 5.75 Å². The molecule has 0 bridgehead atoms. The van der Waals surface area contributed by atoms with E-state index in [9.17, 15) is 18.9 Å². The Morgan fingerprint density at radius 2 is 2.08 bits per heavy atom. The molecule has 1 N–H and O–H groups in total. The molecule has 1 aromatic rings. The van der Waals surface area contributed by atoms with Crippen LogP contribution in [0.4, 0.5) is 14.5 Å². The highest BCUT2D eigenvalue weighted by Crippen LogP contribution is 2.37. The summed E-state index contributed by atoms with van der Waals surface area (Å²) in [5.74, 6) is -3.99. The fourth-order valence-electron chi connectivity index (χ4n) is 0.740. The summed E-state index contributed by atoms with van der Waals surface area (Å²) in [5, 5.41) is 19.1. The molecule has 70 valence electrons. The molecule has 0 atom stereocenters. The normalized spacial score (nSPS) is 10.1. The summed E-state index contributed by atoms with van der Waals surface area (Å²) in [7, 11) is 0. The molecule has 0 heterocycles. The number of hydrogen-bond donors (Lipinski definition) is 1. The molecule has 0 aliphatic rings. The van der Waals surface area contributed by atoms with Gasteiger partial charge in [0.15, 0.2) is 5.82 Å². The molecule has 0 saturated heterocycles. The van der Waals surface area contributed by atoms with Crippen molar-refractivity contribution in [3.05, 3.63) is 32.3 Å². The van der Waals surface area contributed by atoms with Crippen molar-refractivity contribution in [2.45, 2.75) is 0 Å². The molecule has 0 radical (unpaired) electrons. The van der Waals surface area contributed by atoms with E-state index in [1.54, 1.807) is 0 Å². The van der Waals surface area contributed by atoms with Crippen molar-refractivity contribution >= 4 is 21.6 Å². The van der Waals surface area contributed by atoms with Gasteiger partial charge in [0.2, 0.25) is 11.6 Å². The SMILES string of the molecule is O=[N+]([O-])c1c(O)c(Br)cc(F)c1F. The van der Waals surface area contributed by atoms with Crippen molar-refractivity contribution in [1.29, 1.82) is 0 Å². The van der Waals surface area contributed by atoms with Gasteiger partial charge in [0.25, 0.3) is 0 Å². The van der Waals surface area contributed by atoms with Crippen molar-refractivity contribution < 1.29 is 18.8 Å². The van der Waals surface area contributed by atoms with Gasteiger partial charge in [0, 0.05) is 0 Å². The number of nitro groups is 1. The summed E-state index contributed by atoms with van der Waals surface area (Å²) in [6.45, 7) is 0. The van der Waals surface area contributed by atoms with Crippen LogP contribution in [-0.4, -0.2) is 10.0 Å². The standard InChI is InChI=1S/C6H2BrF2NO3/c7-2-1-3(8)4(9)5(6(2)11)10(12)13/h1,11H. The Kier molecular flexibility index (Phi) is 2.46. The predicted molar refractivity (Wildman–Crippen MR) is 42.4 cm³/mol. The minimum Gasteiger partial charge on any atom is -0.501 e. The molecule has 4 nitrogen and oxygen atoms in total. The zero-order valence-electron chi connectivity index (χ0n) is 5.92. The second-order valence-electron chi connectivity index (χ2n) is 2.11. The molecule has 0 aliphatic carbocycles. The number of hydrogen-bond acceptors (Lipinski definition) is 3. The number of benzene rings is 1. The minimum absolute atomic E-state index is 0.266. The Bertz CT molecular complexity index is 356. The van der Waals surface area contributed by atoms with Gasteiger partial charge in [-0.25, -0.2) is 4.39 Å². The third-order valence-electron chi connectivity index (χ3n) is 1.30. The van der Waals surface area contributed by atoms with Gasteiger partial charge in [0.05, 0.1) is 9.40 Å². The monoisotopic (exact) mass is 253 g/mol. The van der Waals surface area contributed by atoms with Gasteiger partial charge in [-0.15, -0.1) is 0 Å². The maximum atomic E-state index is 12.7. The summed E-state index contributed by atoms with van der Waals surface area (Å²) in [6, 6.07) is 0.609. The number of aromatic hydroxyl groups is 1. The van der Waals surface area contributed by atoms with Gasteiger partial charge in [-0.2, -0.15) is 4.39 Å². The van der Waals surface area contributed by atoms with Crippen LogP contribution in [0.2, 0.25) is 0 Å². The van der Waals surface area contributed by atoms with Crippen LogP contribution in [0.25, 0.3) is 0 Å². The number of phenolic OH excluding ortho intramolecular Hbond substituents is 1. The Morgan fingerprint density at radius 1 is 1.54 bits per heavy atom. The van der Waals surface area contributed by atoms with Crippen LogP contribution in [0.5, 0.6) is 5.75 Å². The van der Waals surface area contributed by atoms with E-state index in [4.69, 9.17) is 5.11 Å². The number of rotatable bonds is 1. The van der Waals surface area contributed by atoms with Crippen LogP contribution in [0.15, 0.2) is 10.5 Å². The van der Waals surface area contributed by atoms with E-state index in [-0.39, 0.29) is 4.47 Å². The maximum absolute atomic E-state index is 12.7. The molecule has 0 fully saturated rings. The van der Waals surface area contributed by atoms with Crippen molar-refractivity contribution in [3.63, 3.8) is 0 Å². The van der Waals surface area contributed by atoms with Gasteiger partial charge in [-0.3, -0.25) is 10.1 Å². The Balaban J connectivity index is 3.56. The van der Waals surface area contributed by atoms with Crippen molar-refractivity contribution in [1.82, 2.24) is 0 Å². The van der Waals surface area contributed by atoms with E-state index < -0.39 is 28.0 Å². The topological polar surface area (TPSA) is 63.4 Å². The van der Waals surface area contributed by atoms with E-state index in [2.05, 4.69) is 15.9 Å². The molecule has 7 heteroatoms. The second-order valence-corrected chi connectivity index (χ2v) is 2.96. The molecule has 0 aromatic heterocycles. The first kappa shape index (κ1) is 9.85. The highest BCUT2D eigenvalue weighted by Gasteiger charge is 2.26. The molecule has 0 saturated carbocycles. The fraction of sp³-hybridized carbons (Fsp3) is 0. The van der Waals surface area contributed by atoms with E-state index in [1.165, 1.54) is 0 Å². The van der Waals surface area contributed by atoms with Crippen molar-refractivity contribution in [2.75, 3.05) is 0 Å². The third-order valence-corrected chi connectivity index (χ3v) is 1.91. The lowest BCUT2D eigenvalue weighted by Crippen LogP contribution is -1.96. The quantitative estimate of drug-likeness (QED) is 0.475. The second kappa shape index (κ2) is 3.25. The Labute approximate surface area is 79.1 Å². The first-order valence-electron chi connectivity index (χ1n) is 2.96. The highest BCUT2D eigenvalue weighted by atomic mass is 79.9. The zero-order chi connectivity index (χ0) is 10.2. The van der Waals surface area contributed by atoms with Crippen LogP contribution >= 0.6 is 15.9 Å². The van der Waals surface area contributed by atoms with Crippen LogP contribution < -0.4 is 0 Å². The lowest BCUT2D eigenvalue weighted by molar-refractivity contribution is -0.388. The Morgan fingerprint density at radius 3 is 2.54 bits per heavy atom. The third kappa shape index (κ3) is 1.59. The van der Waals surface area contributed by atoms with Gasteiger partial charge in [-0.1, -0.05) is 0 Å². The van der Waals surface area contributed by atoms with Crippen LogP contribution in [0.3, 0.4) is 0 Å². The molecule has 0 unspecified atom stereocenters. The summed E-state index contributed by atoms with van der Waals surface area (Å²) in [4.78, 5) is 8.97. The molecular formula is C6H2BrF2NO3. The van der Waals surface area contributed by atoms with Gasteiger partial charge in [0.1, 0.15) is 0 Å². The molecule has 1 rings (SSSR count). The smallest absolute Gasteiger partial charge is 0.350 e. The van der Waals surface area contributed by atoms with E-state index in [1.807, 2.05) is 0 Å². The van der Waals surface area contributed by atoms with Gasteiger partial charge in [-0.05, 0) is 22.0 Å². The van der Waals surface area contributed by atoms with E-state index >= 15 is 0 Å². The largest absolute Gasteiger partial charge is 0.501 e. The van der Waals surface area contributed by atoms with Crippen molar-refractivity contribution in [2.24, 2.45) is 0 Å². The van der Waals surface area contributed by atoms with Gasteiger partial charge < -0.3 is 5.11 Å². The van der Waals surface area contributed by atoms with E-state index in [0.29, 0.717) is 6.07 Å². The fourth-order valence-corrected chi connectivity index (χ4v) is 1.13. The summed E-state index contributed by atoms with van der Waals surface area (Å²) in [5.41, 5.74) is -1.27. The number of halogens is 3. The Hall–Kier alpha value is -1.24. The minimum atomic E-state index is -1.68. The number of nitro benzene ring substituents is 1. The average Bonchev–Trinajstić information content (AvgIpc) is 2.01. The molecule has 0 aliphatic heterocycles. The average molecular weight is 254 g/mol. The maximum Gasteiger partial charge on any atom is 0.350 e. The summed E-state index contributed by atoms with van der Waals surface area (Å²) >= 11 is 2.64. The van der Waals surface area contributed by atoms with Crippen LogP contribution in [0, 0.1) is 21.7 Å². The lowest BCUT2D eigenvalue weighted by Gasteiger charge is -2.00. The summed E-state index contributed by atoms with van der Waals surface area (Å²) in [6.07, 6.45) is 0. The zero-order valence-corrected chi connectivity index (χ0v) is 7.51. The molecule has 1 aromatic carbocycles. The lowest BCUT2D eigenvalue weighted by atomic mass is 10.3. The first-order valence-corrected chi connectivity index (χ1v) is 3.75. The molecule has 0 spiro atoms. The van der Waals surface area contributed by atoms with E-state index in [0.717, 1.165) is 0 Å². The van der Waals surface area contributed by atoms with Crippen LogP contribution in [-0.2, 0) is 0 Å². The number of nitrogens with zero attached hydrogens (tertiary/aromatic N) is 1. The number of phenols is 1. The van der Waals surface area contributed by atoms with Crippen LogP contribution in [0.1, 0.15) is 0 Å². The molecule has 0 amide bonds. The van der Waals surface area contributed by atoms with Gasteiger partial charge >= 0.3 is 5.69 Å². The summed E-state index contributed by atoms with van der Waals surface area (Å²) < 4.78 is 25.0. The molecule has 13 heavy (non-hydrogen) atoms. The molecular weight excluding hydrogens is 252 g/mol. The highest BCUT2D eigenvalue weighted by molar-refractivity contribution is 9.10. The predicted octanol–water partition coefficient (Wildman–Crippen LogP) is 2.34. The first-order chi connectivity index (χ1) is 5.95.